The van der Waals surface area contributed by atoms with Crippen molar-refractivity contribution in [2.24, 2.45) is 11.5 Å². The average Bonchev–Trinajstić information content (AvgIpc) is 2.93. The maximum Gasteiger partial charge on any atom is 0.354 e. The first-order valence-corrected chi connectivity index (χ1v) is 14.1. The summed E-state index contributed by atoms with van der Waals surface area (Å²) in [6.45, 7) is 9.98. The van der Waals surface area contributed by atoms with Crippen molar-refractivity contribution in [2.75, 3.05) is 57.7 Å². The third-order valence-corrected chi connectivity index (χ3v) is 8.11. The predicted molar refractivity (Wildman–Crippen MR) is 153 cm³/mol. The van der Waals surface area contributed by atoms with E-state index in [1.165, 1.54) is 10.1 Å². The second kappa shape index (κ2) is 11.7. The van der Waals surface area contributed by atoms with Crippen molar-refractivity contribution in [3.05, 3.63) is 52.6 Å². The molecule has 12 nitrogen and oxygen atoms in total. The number of fused-ring (bicyclic) bond motifs is 1. The summed E-state index contributed by atoms with van der Waals surface area (Å²) in [4.78, 5) is 50.8. The first-order chi connectivity index (χ1) is 19.1. The SMILES string of the molecule is CC(C)(N)C(=O)N1CCN2CCN(C(=O)Nc3ccn(-c4ccc(CN5CCC(N)CC5)cc4)c(=O)n3)CC2C1. The van der Waals surface area contributed by atoms with Crippen LogP contribution in [0.4, 0.5) is 10.6 Å². The lowest BCUT2D eigenvalue weighted by atomic mass is 10.0. The van der Waals surface area contributed by atoms with Crippen molar-refractivity contribution in [2.45, 2.75) is 50.9 Å². The Balaban J connectivity index is 1.17. The predicted octanol–water partition coefficient (Wildman–Crippen LogP) is 0.253. The molecule has 1 unspecified atom stereocenters. The maximum absolute atomic E-state index is 13.0. The highest BCUT2D eigenvalue weighted by atomic mass is 16.2. The average molecular weight is 552 g/mol. The number of piperazine rings is 2. The maximum atomic E-state index is 13.0. The fraction of sp³-hybridized carbons (Fsp3) is 0.571. The summed E-state index contributed by atoms with van der Waals surface area (Å²) in [6.07, 6.45) is 3.67. The van der Waals surface area contributed by atoms with Gasteiger partial charge in [0.2, 0.25) is 5.91 Å². The molecule has 0 bridgehead atoms. The molecule has 40 heavy (non-hydrogen) atoms. The Morgan fingerprint density at radius 1 is 0.975 bits per heavy atom. The number of hydrogen-bond acceptors (Lipinski definition) is 8. The lowest BCUT2D eigenvalue weighted by Gasteiger charge is -2.48. The molecule has 4 heterocycles. The molecule has 1 atom stereocenters. The van der Waals surface area contributed by atoms with Crippen LogP contribution >= 0.6 is 0 Å². The quantitative estimate of drug-likeness (QED) is 0.480. The lowest BCUT2D eigenvalue weighted by Crippen LogP contribution is -2.66. The monoisotopic (exact) mass is 551 g/mol. The largest absolute Gasteiger partial charge is 0.354 e. The van der Waals surface area contributed by atoms with Gasteiger partial charge in [0.1, 0.15) is 5.82 Å². The number of nitrogens with one attached hydrogen (secondary N) is 1. The van der Waals surface area contributed by atoms with Gasteiger partial charge in [0.25, 0.3) is 0 Å². The highest BCUT2D eigenvalue weighted by molar-refractivity contribution is 5.88. The summed E-state index contributed by atoms with van der Waals surface area (Å²) in [7, 11) is 0. The van der Waals surface area contributed by atoms with E-state index >= 15 is 0 Å². The number of nitrogens with two attached hydrogens (primary N) is 2. The molecule has 3 fully saturated rings. The molecule has 0 saturated carbocycles. The van der Waals surface area contributed by atoms with E-state index in [-0.39, 0.29) is 23.8 Å². The van der Waals surface area contributed by atoms with Crippen molar-refractivity contribution in [1.29, 1.82) is 0 Å². The summed E-state index contributed by atoms with van der Waals surface area (Å²) in [6, 6.07) is 9.54. The summed E-state index contributed by atoms with van der Waals surface area (Å²) < 4.78 is 1.46. The van der Waals surface area contributed by atoms with E-state index in [1.54, 1.807) is 35.9 Å². The summed E-state index contributed by atoms with van der Waals surface area (Å²) in [5.41, 5.74) is 12.5. The fourth-order valence-corrected chi connectivity index (χ4v) is 5.72. The van der Waals surface area contributed by atoms with Crippen LogP contribution in [0.3, 0.4) is 0 Å². The van der Waals surface area contributed by atoms with Gasteiger partial charge in [-0.3, -0.25) is 24.5 Å². The minimum absolute atomic E-state index is 0.0379. The van der Waals surface area contributed by atoms with Crippen LogP contribution in [0.1, 0.15) is 32.3 Å². The van der Waals surface area contributed by atoms with E-state index in [4.69, 9.17) is 11.5 Å². The Labute approximate surface area is 234 Å². The zero-order chi connectivity index (χ0) is 28.4. The number of anilines is 1. The van der Waals surface area contributed by atoms with Gasteiger partial charge in [0.05, 0.1) is 11.2 Å². The number of piperidine rings is 1. The van der Waals surface area contributed by atoms with Crippen LogP contribution in [0.25, 0.3) is 5.69 Å². The Bertz CT molecular complexity index is 1270. The topological polar surface area (TPSA) is 146 Å². The number of carbonyl (C=O) groups is 2. The Kier molecular flexibility index (Phi) is 8.22. The number of hydrogen-bond donors (Lipinski definition) is 3. The van der Waals surface area contributed by atoms with Gasteiger partial charge < -0.3 is 21.3 Å². The number of rotatable bonds is 5. The molecule has 0 aliphatic carbocycles. The molecule has 216 valence electrons. The minimum Gasteiger partial charge on any atom is -0.338 e. The number of likely N-dealkylation sites (tertiary alicyclic amines) is 1. The first kappa shape index (κ1) is 28.2. The van der Waals surface area contributed by atoms with Crippen LogP contribution in [0.5, 0.6) is 0 Å². The van der Waals surface area contributed by atoms with E-state index in [9.17, 15) is 14.4 Å². The van der Waals surface area contributed by atoms with Crippen molar-refractivity contribution < 1.29 is 9.59 Å². The van der Waals surface area contributed by atoms with Gasteiger partial charge in [-0.25, -0.2) is 9.59 Å². The molecule has 0 spiro atoms. The summed E-state index contributed by atoms with van der Waals surface area (Å²) in [5.74, 6) is 0.124. The number of carbonyl (C=O) groups excluding carboxylic acids is 2. The second-order valence-electron chi connectivity index (χ2n) is 11.8. The van der Waals surface area contributed by atoms with Gasteiger partial charge in [0, 0.05) is 64.1 Å². The molecule has 1 aromatic carbocycles. The molecule has 3 aliphatic rings. The van der Waals surface area contributed by atoms with E-state index in [0.717, 1.165) is 45.6 Å². The number of amides is 3. The van der Waals surface area contributed by atoms with Gasteiger partial charge >= 0.3 is 11.7 Å². The van der Waals surface area contributed by atoms with Crippen LogP contribution in [-0.4, -0.2) is 111 Å². The highest BCUT2D eigenvalue weighted by Gasteiger charge is 2.38. The Morgan fingerprint density at radius 3 is 2.27 bits per heavy atom. The number of nitrogens with zero attached hydrogens (tertiary/aromatic N) is 6. The normalized spacial score (nSPS) is 21.2. The molecule has 5 rings (SSSR count). The first-order valence-electron chi connectivity index (χ1n) is 14.1. The molecule has 2 aromatic rings. The molecule has 3 saturated heterocycles. The Hall–Kier alpha value is -3.32. The van der Waals surface area contributed by atoms with Gasteiger partial charge in [0.15, 0.2) is 0 Å². The van der Waals surface area contributed by atoms with Crippen molar-refractivity contribution in [1.82, 2.24) is 29.2 Å². The Morgan fingerprint density at radius 2 is 1.62 bits per heavy atom. The van der Waals surface area contributed by atoms with Crippen LogP contribution in [-0.2, 0) is 11.3 Å². The second-order valence-corrected chi connectivity index (χ2v) is 11.8. The summed E-state index contributed by atoms with van der Waals surface area (Å²) >= 11 is 0. The van der Waals surface area contributed by atoms with Crippen LogP contribution in [0.15, 0.2) is 41.3 Å². The van der Waals surface area contributed by atoms with E-state index in [1.807, 2.05) is 24.3 Å². The molecule has 12 heteroatoms. The molecule has 3 aliphatic heterocycles. The van der Waals surface area contributed by atoms with Crippen LogP contribution in [0.2, 0.25) is 0 Å². The zero-order valence-electron chi connectivity index (χ0n) is 23.5. The van der Waals surface area contributed by atoms with E-state index < -0.39 is 11.2 Å². The minimum atomic E-state index is -0.927. The van der Waals surface area contributed by atoms with Crippen molar-refractivity contribution >= 4 is 17.8 Å². The molecule has 3 amide bonds. The number of benzene rings is 1. The number of urea groups is 1. The number of aromatic nitrogens is 2. The lowest BCUT2D eigenvalue weighted by molar-refractivity contribution is -0.139. The fourth-order valence-electron chi connectivity index (χ4n) is 5.72. The molecule has 5 N–H and O–H groups in total. The van der Waals surface area contributed by atoms with Crippen molar-refractivity contribution in [3.63, 3.8) is 0 Å². The molecule has 1 aromatic heterocycles. The molecular weight excluding hydrogens is 510 g/mol. The smallest absolute Gasteiger partial charge is 0.338 e. The third kappa shape index (κ3) is 6.52. The van der Waals surface area contributed by atoms with Crippen molar-refractivity contribution in [3.8, 4) is 5.69 Å². The molecular formula is C28H41N9O3. The van der Waals surface area contributed by atoms with E-state index in [2.05, 4.69) is 20.1 Å². The van der Waals surface area contributed by atoms with Crippen LogP contribution < -0.4 is 22.5 Å². The standard InChI is InChI=1S/C28H41N9O3/c1-28(2,30)25(38)35-15-13-34-14-16-36(19-23(34)18-35)26(39)31-24-9-12-37(27(40)32-24)22-5-3-20(4-6-22)17-33-10-7-21(29)8-11-33/h3-6,9,12,21,23H,7-8,10-11,13-19,29-30H2,1-2H3,(H,31,32,39,40). The van der Waals surface area contributed by atoms with Gasteiger partial charge in [-0.2, -0.15) is 4.98 Å². The van der Waals surface area contributed by atoms with Crippen LogP contribution in [0, 0.1) is 0 Å². The van der Waals surface area contributed by atoms with E-state index in [0.29, 0.717) is 37.9 Å². The summed E-state index contributed by atoms with van der Waals surface area (Å²) in [5, 5.41) is 2.77. The van der Waals surface area contributed by atoms with Gasteiger partial charge in [-0.15, -0.1) is 0 Å². The van der Waals surface area contributed by atoms with Gasteiger partial charge in [-0.05, 0) is 63.5 Å². The van der Waals surface area contributed by atoms with Gasteiger partial charge in [-0.1, -0.05) is 12.1 Å². The third-order valence-electron chi connectivity index (χ3n) is 8.11. The zero-order valence-corrected chi connectivity index (χ0v) is 23.5. The molecule has 0 radical (unpaired) electrons. The highest BCUT2D eigenvalue weighted by Crippen LogP contribution is 2.19.